The standard InChI is InChI=1S/C17H18Cl2N2O4S/c1-11(17(22)20-16-14(18)5-4-6-15(16)19)21(26(3,23)24)12-7-9-13(25-2)10-8-12/h4-11H,1-3H3,(H,20,22)/t11-/m0/s1. The molecule has 140 valence electrons. The first-order valence-electron chi connectivity index (χ1n) is 7.53. The first kappa shape index (κ1) is 20.4. The number of anilines is 2. The van der Waals surface area contributed by atoms with Crippen LogP contribution in [0.5, 0.6) is 5.75 Å². The number of ether oxygens (including phenoxy) is 1. The lowest BCUT2D eigenvalue weighted by atomic mass is 10.2. The number of para-hydroxylation sites is 1. The first-order chi connectivity index (χ1) is 12.1. The molecule has 2 rings (SSSR count). The number of amides is 1. The number of nitrogens with one attached hydrogen (secondary N) is 1. The van der Waals surface area contributed by atoms with Gasteiger partial charge in [0.25, 0.3) is 0 Å². The minimum Gasteiger partial charge on any atom is -0.497 e. The monoisotopic (exact) mass is 416 g/mol. The van der Waals surface area contributed by atoms with Crippen molar-refractivity contribution in [3.8, 4) is 5.75 Å². The van der Waals surface area contributed by atoms with E-state index in [-0.39, 0.29) is 15.7 Å². The zero-order valence-corrected chi connectivity index (χ0v) is 16.7. The summed E-state index contributed by atoms with van der Waals surface area (Å²) >= 11 is 12.1. The Kier molecular flexibility index (Phi) is 6.39. The van der Waals surface area contributed by atoms with E-state index in [0.29, 0.717) is 11.4 Å². The van der Waals surface area contributed by atoms with E-state index in [9.17, 15) is 13.2 Å². The van der Waals surface area contributed by atoms with Crippen molar-refractivity contribution in [1.29, 1.82) is 0 Å². The number of hydrogen-bond donors (Lipinski definition) is 1. The molecule has 1 N–H and O–H groups in total. The minimum atomic E-state index is -3.73. The fraction of sp³-hybridized carbons (Fsp3) is 0.235. The van der Waals surface area contributed by atoms with Crippen LogP contribution in [0, 0.1) is 0 Å². The molecule has 0 heterocycles. The van der Waals surface area contributed by atoms with Crippen LogP contribution >= 0.6 is 23.2 Å². The smallest absolute Gasteiger partial charge is 0.248 e. The number of carbonyl (C=O) groups excluding carboxylic acids is 1. The molecule has 0 aliphatic rings. The average molecular weight is 417 g/mol. The minimum absolute atomic E-state index is 0.232. The highest BCUT2D eigenvalue weighted by Gasteiger charge is 2.29. The highest BCUT2D eigenvalue weighted by molar-refractivity contribution is 7.92. The number of halogens is 2. The third-order valence-corrected chi connectivity index (χ3v) is 5.50. The molecule has 0 aliphatic heterocycles. The maximum atomic E-state index is 12.6. The lowest BCUT2D eigenvalue weighted by Gasteiger charge is -2.28. The second-order valence-corrected chi connectivity index (χ2v) is 8.19. The summed E-state index contributed by atoms with van der Waals surface area (Å²) in [5.41, 5.74) is 0.567. The fourth-order valence-corrected chi connectivity index (χ4v) is 4.05. The van der Waals surface area contributed by atoms with Crippen molar-refractivity contribution < 1.29 is 17.9 Å². The van der Waals surface area contributed by atoms with Gasteiger partial charge in [0.2, 0.25) is 15.9 Å². The van der Waals surface area contributed by atoms with Gasteiger partial charge in [-0.05, 0) is 43.3 Å². The molecule has 6 nitrogen and oxygen atoms in total. The van der Waals surface area contributed by atoms with Gasteiger partial charge in [-0.2, -0.15) is 0 Å². The second-order valence-electron chi connectivity index (χ2n) is 5.52. The van der Waals surface area contributed by atoms with E-state index in [1.165, 1.54) is 14.0 Å². The molecule has 0 fully saturated rings. The molecule has 0 radical (unpaired) electrons. The summed E-state index contributed by atoms with van der Waals surface area (Å²) in [6, 6.07) is 10.1. The Labute approximate surface area is 162 Å². The highest BCUT2D eigenvalue weighted by Crippen LogP contribution is 2.31. The van der Waals surface area contributed by atoms with Crippen molar-refractivity contribution in [2.75, 3.05) is 23.0 Å². The number of carbonyl (C=O) groups is 1. The van der Waals surface area contributed by atoms with Gasteiger partial charge in [-0.3, -0.25) is 9.10 Å². The molecule has 0 bridgehead atoms. The van der Waals surface area contributed by atoms with Crippen LogP contribution in [0.3, 0.4) is 0 Å². The summed E-state index contributed by atoms with van der Waals surface area (Å²) in [6.07, 6.45) is 1.03. The summed E-state index contributed by atoms with van der Waals surface area (Å²) in [4.78, 5) is 12.6. The van der Waals surface area contributed by atoms with E-state index in [0.717, 1.165) is 10.6 Å². The molecule has 26 heavy (non-hydrogen) atoms. The van der Waals surface area contributed by atoms with Crippen molar-refractivity contribution in [3.05, 3.63) is 52.5 Å². The Hall–Kier alpha value is -1.96. The third-order valence-electron chi connectivity index (χ3n) is 3.63. The molecule has 0 saturated heterocycles. The zero-order chi connectivity index (χ0) is 19.5. The Bertz CT molecular complexity index is 881. The van der Waals surface area contributed by atoms with E-state index in [1.54, 1.807) is 42.5 Å². The van der Waals surface area contributed by atoms with Gasteiger partial charge >= 0.3 is 0 Å². The van der Waals surface area contributed by atoms with Gasteiger partial charge in [0.15, 0.2) is 0 Å². The molecule has 1 atom stereocenters. The van der Waals surface area contributed by atoms with Crippen LogP contribution in [-0.2, 0) is 14.8 Å². The van der Waals surface area contributed by atoms with Gasteiger partial charge in [0.1, 0.15) is 11.8 Å². The highest BCUT2D eigenvalue weighted by atomic mass is 35.5. The second kappa shape index (κ2) is 8.16. The predicted molar refractivity (Wildman–Crippen MR) is 105 cm³/mol. The Morgan fingerprint density at radius 3 is 2.12 bits per heavy atom. The third kappa shape index (κ3) is 4.60. The van der Waals surface area contributed by atoms with Gasteiger partial charge in [0.05, 0.1) is 34.8 Å². The molecule has 9 heteroatoms. The van der Waals surface area contributed by atoms with Gasteiger partial charge in [0, 0.05) is 0 Å². The van der Waals surface area contributed by atoms with E-state index in [4.69, 9.17) is 27.9 Å². The maximum Gasteiger partial charge on any atom is 0.248 e. The van der Waals surface area contributed by atoms with Crippen LogP contribution in [-0.4, -0.2) is 33.7 Å². The average Bonchev–Trinajstić information content (AvgIpc) is 2.57. The predicted octanol–water partition coefficient (Wildman–Crippen LogP) is 3.80. The quantitative estimate of drug-likeness (QED) is 0.776. The van der Waals surface area contributed by atoms with Crippen molar-refractivity contribution in [2.24, 2.45) is 0 Å². The number of methoxy groups -OCH3 is 1. The number of rotatable bonds is 6. The topological polar surface area (TPSA) is 75.7 Å². The van der Waals surface area contributed by atoms with Crippen molar-refractivity contribution in [1.82, 2.24) is 0 Å². The van der Waals surface area contributed by atoms with E-state index >= 15 is 0 Å². The van der Waals surface area contributed by atoms with Crippen LogP contribution in [0.4, 0.5) is 11.4 Å². The summed E-state index contributed by atoms with van der Waals surface area (Å²) < 4.78 is 30.7. The summed E-state index contributed by atoms with van der Waals surface area (Å²) in [7, 11) is -2.22. The Balaban J connectivity index is 2.34. The molecule has 0 aromatic heterocycles. The largest absolute Gasteiger partial charge is 0.497 e. The molecule has 2 aromatic carbocycles. The SMILES string of the molecule is COc1ccc(N([C@@H](C)C(=O)Nc2c(Cl)cccc2Cl)S(C)(=O)=O)cc1. The number of benzene rings is 2. The molecule has 0 spiro atoms. The van der Waals surface area contributed by atoms with Gasteiger partial charge in [-0.1, -0.05) is 29.3 Å². The molecule has 0 aliphatic carbocycles. The number of sulfonamides is 1. The number of hydrogen-bond acceptors (Lipinski definition) is 4. The Morgan fingerprint density at radius 1 is 1.12 bits per heavy atom. The maximum absolute atomic E-state index is 12.6. The lowest BCUT2D eigenvalue weighted by molar-refractivity contribution is -0.116. The normalized spacial score (nSPS) is 12.3. The van der Waals surface area contributed by atoms with Crippen LogP contribution in [0.15, 0.2) is 42.5 Å². The zero-order valence-electron chi connectivity index (χ0n) is 14.4. The van der Waals surface area contributed by atoms with Crippen LogP contribution in [0.25, 0.3) is 0 Å². The summed E-state index contributed by atoms with van der Waals surface area (Å²) in [6.45, 7) is 1.48. The van der Waals surface area contributed by atoms with Crippen LogP contribution in [0.2, 0.25) is 10.0 Å². The van der Waals surface area contributed by atoms with Crippen molar-refractivity contribution in [3.63, 3.8) is 0 Å². The first-order valence-corrected chi connectivity index (χ1v) is 10.1. The molecule has 0 saturated carbocycles. The van der Waals surface area contributed by atoms with Crippen LogP contribution in [0.1, 0.15) is 6.92 Å². The summed E-state index contributed by atoms with van der Waals surface area (Å²) in [5, 5.41) is 3.11. The van der Waals surface area contributed by atoms with Gasteiger partial charge < -0.3 is 10.1 Å². The Morgan fingerprint density at radius 2 is 1.65 bits per heavy atom. The molecule has 1 amide bonds. The van der Waals surface area contributed by atoms with E-state index < -0.39 is 22.0 Å². The lowest BCUT2D eigenvalue weighted by Crippen LogP contribution is -2.45. The van der Waals surface area contributed by atoms with E-state index in [2.05, 4.69) is 5.32 Å². The summed E-state index contributed by atoms with van der Waals surface area (Å²) in [5.74, 6) is 0.00315. The molecule has 2 aromatic rings. The number of nitrogens with zero attached hydrogens (tertiary/aromatic N) is 1. The van der Waals surface area contributed by atoms with Crippen molar-refractivity contribution >= 4 is 50.5 Å². The fourth-order valence-electron chi connectivity index (χ4n) is 2.38. The van der Waals surface area contributed by atoms with Crippen LogP contribution < -0.4 is 14.4 Å². The van der Waals surface area contributed by atoms with Gasteiger partial charge in [-0.25, -0.2) is 8.42 Å². The molecular formula is C17H18Cl2N2O4S. The molecule has 0 unspecified atom stereocenters. The van der Waals surface area contributed by atoms with Crippen molar-refractivity contribution in [2.45, 2.75) is 13.0 Å². The van der Waals surface area contributed by atoms with Gasteiger partial charge in [-0.15, -0.1) is 0 Å². The molecular weight excluding hydrogens is 399 g/mol. The van der Waals surface area contributed by atoms with E-state index in [1.807, 2.05) is 0 Å².